The number of aliphatic hydroxyl groups excluding tert-OH is 2. The zero-order valence-electron chi connectivity index (χ0n) is 22.9. The second-order valence-electron chi connectivity index (χ2n) is 11.0. The van der Waals surface area contributed by atoms with E-state index in [0.29, 0.717) is 29.9 Å². The van der Waals surface area contributed by atoms with Gasteiger partial charge in [0.05, 0.1) is 36.3 Å². The fourth-order valence-electron chi connectivity index (χ4n) is 6.22. The van der Waals surface area contributed by atoms with E-state index < -0.39 is 41.8 Å². The molecule has 4 heterocycles. The topological polar surface area (TPSA) is 154 Å². The Morgan fingerprint density at radius 2 is 1.83 bits per heavy atom. The maximum Gasteiger partial charge on any atom is 0.352 e. The van der Waals surface area contributed by atoms with Gasteiger partial charge in [-0.05, 0) is 37.5 Å². The maximum absolute atomic E-state index is 13.6. The van der Waals surface area contributed by atoms with Gasteiger partial charge in [-0.1, -0.05) is 58.9 Å². The number of oxime groups is 1. The van der Waals surface area contributed by atoms with Crippen LogP contribution in [0, 0.1) is 5.92 Å². The van der Waals surface area contributed by atoms with E-state index in [2.05, 4.69) is 15.5 Å². The molecule has 1 saturated heterocycles. The number of para-hydroxylation sites is 1. The predicted octanol–water partition coefficient (Wildman–Crippen LogP) is 1.00. The third kappa shape index (κ3) is 4.40. The molecule has 0 radical (unpaired) electrons. The number of epoxide rings is 1. The van der Waals surface area contributed by atoms with Crippen LogP contribution in [0.3, 0.4) is 0 Å². The van der Waals surface area contributed by atoms with Crippen molar-refractivity contribution in [3.63, 3.8) is 0 Å². The number of hydrogen-bond donors (Lipinski definition) is 2. The molecule has 218 valence electrons. The summed E-state index contributed by atoms with van der Waals surface area (Å²) in [6.45, 7) is 1.98. The summed E-state index contributed by atoms with van der Waals surface area (Å²) in [6.07, 6.45) is 0.321. The van der Waals surface area contributed by atoms with Crippen LogP contribution in [0.1, 0.15) is 42.8 Å². The molecule has 13 nitrogen and oxygen atoms in total. The lowest BCUT2D eigenvalue weighted by Gasteiger charge is -2.38. The number of nitrogens with zero attached hydrogens (tertiary/aromatic N) is 7. The number of rotatable bonds is 8. The van der Waals surface area contributed by atoms with Crippen molar-refractivity contribution in [2.75, 3.05) is 6.61 Å². The minimum atomic E-state index is -0.980. The van der Waals surface area contributed by atoms with E-state index in [1.54, 1.807) is 42.1 Å². The molecule has 2 aromatic carbocycles. The molecular formula is C29H31N7O6. The second kappa shape index (κ2) is 10.5. The highest BCUT2D eigenvalue weighted by molar-refractivity contribution is 5.94. The zero-order chi connectivity index (χ0) is 29.0. The van der Waals surface area contributed by atoms with E-state index >= 15 is 0 Å². The lowest BCUT2D eigenvalue weighted by atomic mass is 9.78. The average molecular weight is 574 g/mol. The van der Waals surface area contributed by atoms with Crippen molar-refractivity contribution in [2.45, 2.75) is 62.8 Å². The quantitative estimate of drug-likeness (QED) is 0.234. The van der Waals surface area contributed by atoms with Crippen LogP contribution in [-0.4, -0.2) is 69.8 Å². The fourth-order valence-corrected chi connectivity index (χ4v) is 6.22. The number of aromatic nitrogens is 6. The molecule has 1 aliphatic carbocycles. The first-order valence-electron chi connectivity index (χ1n) is 14.1. The Balaban J connectivity index is 1.13. The molecule has 13 heteroatoms. The summed E-state index contributed by atoms with van der Waals surface area (Å²) in [5.74, 6) is -0.361. The number of benzene rings is 2. The molecule has 2 fully saturated rings. The van der Waals surface area contributed by atoms with E-state index in [1.165, 1.54) is 9.36 Å². The molecule has 3 aliphatic rings. The summed E-state index contributed by atoms with van der Waals surface area (Å²) in [4.78, 5) is 32.7. The number of ether oxygens (including phenoxy) is 1. The Morgan fingerprint density at radius 3 is 2.57 bits per heavy atom. The van der Waals surface area contributed by atoms with E-state index in [4.69, 9.17) is 9.57 Å². The van der Waals surface area contributed by atoms with Crippen molar-refractivity contribution in [2.24, 2.45) is 11.1 Å². The smallest absolute Gasteiger partial charge is 0.352 e. The van der Waals surface area contributed by atoms with Crippen LogP contribution in [-0.2, 0) is 22.5 Å². The van der Waals surface area contributed by atoms with Gasteiger partial charge in [-0.2, -0.15) is 0 Å². The molecule has 0 amide bonds. The molecular weight excluding hydrogens is 542 g/mol. The molecule has 1 saturated carbocycles. The van der Waals surface area contributed by atoms with Crippen LogP contribution in [0.5, 0.6) is 0 Å². The third-order valence-electron chi connectivity index (χ3n) is 8.46. The first-order chi connectivity index (χ1) is 20.5. The van der Waals surface area contributed by atoms with Gasteiger partial charge in [0.25, 0.3) is 0 Å². The van der Waals surface area contributed by atoms with Gasteiger partial charge in [0.2, 0.25) is 0 Å². The normalized spacial score (nSPS) is 26.6. The van der Waals surface area contributed by atoms with Gasteiger partial charge in [-0.25, -0.2) is 28.2 Å². The van der Waals surface area contributed by atoms with Crippen LogP contribution >= 0.6 is 0 Å². The Morgan fingerprint density at radius 1 is 1.10 bits per heavy atom. The highest BCUT2D eigenvalue weighted by Crippen LogP contribution is 2.46. The van der Waals surface area contributed by atoms with Crippen LogP contribution in [0.25, 0.3) is 5.69 Å². The number of hydrogen-bond acceptors (Lipinski definition) is 9. The van der Waals surface area contributed by atoms with E-state index in [0.717, 1.165) is 10.1 Å². The zero-order valence-corrected chi connectivity index (χ0v) is 22.9. The molecule has 0 spiro atoms. The number of aliphatic hydroxyl groups is 2. The first kappa shape index (κ1) is 26.6. The second-order valence-corrected chi connectivity index (χ2v) is 11.0. The summed E-state index contributed by atoms with van der Waals surface area (Å²) in [5, 5.41) is 34.1. The largest absolute Gasteiger partial charge is 0.394 e. The van der Waals surface area contributed by atoms with E-state index in [1.807, 2.05) is 36.4 Å². The van der Waals surface area contributed by atoms with Gasteiger partial charge >= 0.3 is 11.4 Å². The van der Waals surface area contributed by atoms with Gasteiger partial charge in [0.1, 0.15) is 24.0 Å². The van der Waals surface area contributed by atoms with Gasteiger partial charge in [0.15, 0.2) is 6.10 Å². The average Bonchev–Trinajstić information content (AvgIpc) is 3.59. The number of fused-ring (bicyclic) bond motifs is 4. The van der Waals surface area contributed by atoms with Gasteiger partial charge in [-0.3, -0.25) is 0 Å². The van der Waals surface area contributed by atoms with Crippen LogP contribution in [0.15, 0.2) is 81.6 Å². The van der Waals surface area contributed by atoms with Crippen molar-refractivity contribution in [1.82, 2.24) is 28.9 Å². The van der Waals surface area contributed by atoms with Crippen LogP contribution < -0.4 is 11.4 Å². The van der Waals surface area contributed by atoms with Crippen LogP contribution in [0.4, 0.5) is 0 Å². The monoisotopic (exact) mass is 573 g/mol. The Bertz CT molecular complexity index is 1730. The molecule has 7 atom stereocenters. The summed E-state index contributed by atoms with van der Waals surface area (Å²) in [6, 6.07) is 17.6. The van der Waals surface area contributed by atoms with Crippen molar-refractivity contribution in [3.05, 3.63) is 99.1 Å². The Hall–Kier alpha value is -4.33. The highest BCUT2D eigenvalue weighted by atomic mass is 16.6. The maximum atomic E-state index is 13.6. The summed E-state index contributed by atoms with van der Waals surface area (Å²) in [7, 11) is 0. The summed E-state index contributed by atoms with van der Waals surface area (Å²) in [5.41, 5.74) is 1.72. The Labute approximate surface area is 239 Å². The van der Waals surface area contributed by atoms with Gasteiger partial charge in [-0.15, -0.1) is 5.10 Å². The van der Waals surface area contributed by atoms with Crippen LogP contribution in [0.2, 0.25) is 0 Å². The van der Waals surface area contributed by atoms with Gasteiger partial charge in [0, 0.05) is 12.5 Å². The first-order valence-corrected chi connectivity index (χ1v) is 14.1. The highest BCUT2D eigenvalue weighted by Gasteiger charge is 2.61. The summed E-state index contributed by atoms with van der Waals surface area (Å²) >= 11 is 0. The third-order valence-corrected chi connectivity index (χ3v) is 8.46. The van der Waals surface area contributed by atoms with E-state index in [9.17, 15) is 19.8 Å². The van der Waals surface area contributed by atoms with E-state index in [-0.39, 0.29) is 25.1 Å². The molecule has 0 bridgehead atoms. The fraction of sp³-hybridized carbons (Fsp3) is 0.414. The molecule has 42 heavy (non-hydrogen) atoms. The molecule has 2 aliphatic heterocycles. The summed E-state index contributed by atoms with van der Waals surface area (Å²) < 4.78 is 11.3. The van der Waals surface area contributed by atoms with Crippen molar-refractivity contribution in [1.29, 1.82) is 0 Å². The van der Waals surface area contributed by atoms with Crippen molar-refractivity contribution >= 4 is 5.71 Å². The molecule has 7 rings (SSSR count). The Kier molecular flexibility index (Phi) is 6.64. The standard InChI is InChI=1S/C29H31N7O6/c1-17(22-15-33(32-30-22)20(16-37)14-18-8-4-2-5-9-18)42-31-23-21-12-13-34-28(39)35(19-10-6-3-7-11-19)29(40)36(34)24(21)25(38)27-26(23)41-27/h2-11,15,17,20-21,24-27,37-38H,12-14,16H2,1H3/b31-23-/t17-,20-,21+,24+,25-,26+,27-/m0/s1. The van der Waals surface area contributed by atoms with Crippen molar-refractivity contribution in [3.8, 4) is 5.69 Å². The minimum Gasteiger partial charge on any atom is -0.394 e. The predicted molar refractivity (Wildman–Crippen MR) is 149 cm³/mol. The van der Waals surface area contributed by atoms with Gasteiger partial charge < -0.3 is 19.8 Å². The molecule has 0 unspecified atom stereocenters. The SMILES string of the molecule is C[C@H](O/N=C1/[C@H]2CCn3c(=O)n(-c4ccccc4)c(=O)n3[C@H]2[C@H](O)[C@@H]2O[C@H]12)c1cn([C@H](CO)Cc2ccccc2)nn1. The minimum absolute atomic E-state index is 0.0997. The molecule has 2 N–H and O–H groups in total. The van der Waals surface area contributed by atoms with Crippen molar-refractivity contribution < 1.29 is 19.8 Å². The lowest BCUT2D eigenvalue weighted by Crippen LogP contribution is -2.53. The molecule has 2 aromatic heterocycles. The molecule has 4 aromatic rings. The lowest BCUT2D eigenvalue weighted by molar-refractivity contribution is 0.0291.